The van der Waals surface area contributed by atoms with Crippen LogP contribution in [-0.4, -0.2) is 38.1 Å². The largest absolute Gasteiger partial charge is 0.381 e. The van der Waals surface area contributed by atoms with Crippen LogP contribution in [0.4, 0.5) is 0 Å². The van der Waals surface area contributed by atoms with Gasteiger partial charge < -0.3 is 15.4 Å². The van der Waals surface area contributed by atoms with Crippen LogP contribution in [-0.2, 0) is 38.0 Å². The summed E-state index contributed by atoms with van der Waals surface area (Å²) in [6.07, 6.45) is 9.95. The molecule has 7 heteroatoms. The van der Waals surface area contributed by atoms with Crippen molar-refractivity contribution in [2.75, 3.05) is 26.3 Å². The summed E-state index contributed by atoms with van der Waals surface area (Å²) in [7, 11) is 0. The molecule has 0 radical (unpaired) electrons. The molecule has 5 nitrogen and oxygen atoms in total. The van der Waals surface area contributed by atoms with Gasteiger partial charge in [-0.25, -0.2) is 0 Å². The molecule has 2 aliphatic rings. The van der Waals surface area contributed by atoms with E-state index < -0.39 is 5.41 Å². The van der Waals surface area contributed by atoms with Gasteiger partial charge in [-0.05, 0) is 98.4 Å². The Kier molecular flexibility index (Phi) is 19.3. The summed E-state index contributed by atoms with van der Waals surface area (Å²) in [4.78, 5) is 25.4. The van der Waals surface area contributed by atoms with Gasteiger partial charge in [-0.3, -0.25) is 9.59 Å². The van der Waals surface area contributed by atoms with E-state index in [1.54, 1.807) is 0 Å². The first-order chi connectivity index (χ1) is 26.2. The van der Waals surface area contributed by atoms with E-state index in [0.29, 0.717) is 26.3 Å². The third-order valence-electron chi connectivity index (χ3n) is 9.80. The van der Waals surface area contributed by atoms with Gasteiger partial charge in [0.1, 0.15) is 0 Å². The lowest BCUT2D eigenvalue weighted by atomic mass is 9.73. The minimum atomic E-state index is -0.473. The van der Waals surface area contributed by atoms with E-state index in [1.807, 2.05) is 135 Å². The second-order valence-electron chi connectivity index (χ2n) is 13.4. The van der Waals surface area contributed by atoms with Gasteiger partial charge in [-0.1, -0.05) is 153 Å². The molecule has 1 aliphatic heterocycles. The second kappa shape index (κ2) is 23.6. The minimum Gasteiger partial charge on any atom is -0.381 e. The molecule has 1 saturated carbocycles. The monoisotopic (exact) mass is 768 g/mol. The molecular formula is C47H58Cl2N2O3. The fraction of sp³-hybridized carbons (Fsp3) is 0.362. The van der Waals surface area contributed by atoms with Crippen LogP contribution in [0.15, 0.2) is 133 Å². The Labute approximate surface area is 334 Å². The van der Waals surface area contributed by atoms with Crippen LogP contribution in [0.3, 0.4) is 0 Å². The van der Waals surface area contributed by atoms with E-state index in [0.717, 1.165) is 66.1 Å². The van der Waals surface area contributed by atoms with Crippen molar-refractivity contribution >= 4 is 35.0 Å². The SMILES string of the molecule is C=C/C=C(\C)CC.CC.O=C(NCCc1ccc(Cl)cc1)C1(c2ccccc2)CC1.O=C(NCCc1ccc(Cl)cc1)C1(c2ccccc2)CCOCC1. The number of nitrogens with one attached hydrogen (secondary N) is 2. The molecule has 288 valence electrons. The molecule has 1 saturated heterocycles. The summed E-state index contributed by atoms with van der Waals surface area (Å²) in [6.45, 7) is 14.3. The quantitative estimate of drug-likeness (QED) is 0.141. The van der Waals surface area contributed by atoms with E-state index in [2.05, 4.69) is 31.1 Å². The molecule has 0 bridgehead atoms. The number of carbonyl (C=O) groups is 2. The van der Waals surface area contributed by atoms with Crippen molar-refractivity contribution in [1.29, 1.82) is 0 Å². The number of amides is 2. The van der Waals surface area contributed by atoms with Crippen molar-refractivity contribution in [3.8, 4) is 0 Å². The fourth-order valence-electron chi connectivity index (χ4n) is 6.25. The van der Waals surface area contributed by atoms with Crippen LogP contribution >= 0.6 is 23.2 Å². The molecule has 1 aliphatic carbocycles. The summed E-state index contributed by atoms with van der Waals surface area (Å²) in [5.74, 6) is 0.258. The highest BCUT2D eigenvalue weighted by atomic mass is 35.5. The van der Waals surface area contributed by atoms with Crippen molar-refractivity contribution in [3.05, 3.63) is 166 Å². The number of allylic oxidation sites excluding steroid dienone is 3. The van der Waals surface area contributed by atoms with Crippen molar-refractivity contribution < 1.29 is 14.3 Å². The lowest BCUT2D eigenvalue weighted by molar-refractivity contribution is -0.130. The second-order valence-corrected chi connectivity index (χ2v) is 14.2. The molecule has 0 spiro atoms. The molecule has 0 atom stereocenters. The summed E-state index contributed by atoms with van der Waals surface area (Å²) in [6, 6.07) is 35.6. The van der Waals surface area contributed by atoms with Gasteiger partial charge >= 0.3 is 0 Å². The molecule has 2 fully saturated rings. The molecule has 4 aromatic rings. The number of carbonyl (C=O) groups excluding carboxylic acids is 2. The Bertz CT molecular complexity index is 1710. The number of ether oxygens (including phenoxy) is 1. The Hall–Kier alpha value is -4.16. The molecule has 4 aromatic carbocycles. The minimum absolute atomic E-state index is 0.103. The zero-order valence-electron chi connectivity index (χ0n) is 32.5. The van der Waals surface area contributed by atoms with Crippen molar-refractivity contribution in [1.82, 2.24) is 10.6 Å². The first kappa shape index (κ1) is 44.2. The van der Waals surface area contributed by atoms with E-state index in [-0.39, 0.29) is 17.2 Å². The standard InChI is InChI=1S/C20H22ClNO2.C18H18ClNO.C7H12.C2H6/c21-18-8-6-16(7-9-18)10-13-22-19(23)20(11-14-24-15-12-20)17-4-2-1-3-5-17;19-16-8-6-14(7-9-16)10-13-20-17(21)18(11-12-18)15-4-2-1-3-5-15;1-4-6-7(3)5-2;1-2/h1-9H,10-15H2,(H,22,23);1-9H,10-13H2,(H,20,21);4,6H,1,5H2,2-3H3;1-2H3/b;;7-6+;. The van der Waals surface area contributed by atoms with E-state index in [1.165, 1.54) is 16.7 Å². The predicted molar refractivity (Wildman–Crippen MR) is 227 cm³/mol. The van der Waals surface area contributed by atoms with Crippen LogP contribution in [0.2, 0.25) is 10.0 Å². The topological polar surface area (TPSA) is 67.4 Å². The number of rotatable bonds is 12. The highest BCUT2D eigenvalue weighted by Gasteiger charge is 2.50. The molecule has 2 amide bonds. The van der Waals surface area contributed by atoms with Gasteiger partial charge in [-0.2, -0.15) is 0 Å². The molecule has 0 aromatic heterocycles. The molecule has 2 N–H and O–H groups in total. The summed E-state index contributed by atoms with van der Waals surface area (Å²) < 4.78 is 5.49. The summed E-state index contributed by atoms with van der Waals surface area (Å²) in [5.41, 5.74) is 5.20. The summed E-state index contributed by atoms with van der Waals surface area (Å²) in [5, 5.41) is 7.67. The number of benzene rings is 4. The molecule has 1 heterocycles. The Morgan fingerprint density at radius 3 is 1.39 bits per heavy atom. The highest BCUT2D eigenvalue weighted by molar-refractivity contribution is 6.30. The van der Waals surface area contributed by atoms with Crippen LogP contribution in [0, 0.1) is 0 Å². The lowest BCUT2D eigenvalue weighted by Gasteiger charge is -2.36. The third kappa shape index (κ3) is 13.6. The summed E-state index contributed by atoms with van der Waals surface area (Å²) >= 11 is 11.8. The first-order valence-corrected chi connectivity index (χ1v) is 20.0. The van der Waals surface area contributed by atoms with Gasteiger partial charge in [-0.15, -0.1) is 0 Å². The molecule has 54 heavy (non-hydrogen) atoms. The maximum Gasteiger partial charge on any atom is 0.230 e. The van der Waals surface area contributed by atoms with Crippen molar-refractivity contribution in [3.63, 3.8) is 0 Å². The zero-order valence-corrected chi connectivity index (χ0v) is 34.0. The Morgan fingerprint density at radius 1 is 0.667 bits per heavy atom. The van der Waals surface area contributed by atoms with Crippen LogP contribution in [0.25, 0.3) is 0 Å². The third-order valence-corrected chi connectivity index (χ3v) is 10.3. The maximum atomic E-state index is 13.0. The van der Waals surface area contributed by atoms with Gasteiger partial charge in [0.15, 0.2) is 0 Å². The number of hydrogen-bond acceptors (Lipinski definition) is 3. The van der Waals surface area contributed by atoms with Crippen molar-refractivity contribution in [2.45, 2.75) is 83.5 Å². The Morgan fingerprint density at radius 2 is 1.06 bits per heavy atom. The van der Waals surface area contributed by atoms with Crippen LogP contribution in [0.1, 0.15) is 82.1 Å². The average molecular weight is 770 g/mol. The smallest absolute Gasteiger partial charge is 0.230 e. The van der Waals surface area contributed by atoms with E-state index in [4.69, 9.17) is 27.9 Å². The van der Waals surface area contributed by atoms with E-state index >= 15 is 0 Å². The highest BCUT2D eigenvalue weighted by Crippen LogP contribution is 2.48. The van der Waals surface area contributed by atoms with Gasteiger partial charge in [0.25, 0.3) is 0 Å². The Balaban J connectivity index is 0.000000239. The average Bonchev–Trinajstić information content (AvgIpc) is 4.04. The van der Waals surface area contributed by atoms with Gasteiger partial charge in [0.2, 0.25) is 11.8 Å². The number of halogens is 2. The van der Waals surface area contributed by atoms with Crippen LogP contribution in [0.5, 0.6) is 0 Å². The van der Waals surface area contributed by atoms with Gasteiger partial charge in [0.05, 0.1) is 10.8 Å². The number of hydrogen-bond donors (Lipinski definition) is 2. The predicted octanol–water partition coefficient (Wildman–Crippen LogP) is 11.0. The van der Waals surface area contributed by atoms with Crippen molar-refractivity contribution in [2.24, 2.45) is 0 Å². The normalized spacial score (nSPS) is 15.0. The van der Waals surface area contributed by atoms with Gasteiger partial charge in [0, 0.05) is 36.3 Å². The lowest BCUT2D eigenvalue weighted by Crippen LogP contribution is -2.48. The fourth-order valence-corrected chi connectivity index (χ4v) is 6.51. The van der Waals surface area contributed by atoms with Crippen LogP contribution < -0.4 is 10.6 Å². The molecular weight excluding hydrogens is 711 g/mol. The van der Waals surface area contributed by atoms with E-state index in [9.17, 15) is 9.59 Å². The molecule has 0 unspecified atom stereocenters. The molecule has 6 rings (SSSR count). The maximum absolute atomic E-state index is 13.0. The first-order valence-electron chi connectivity index (χ1n) is 19.2. The zero-order chi connectivity index (χ0) is 39.2.